The third-order valence-electron chi connectivity index (χ3n) is 2.82. The zero-order valence-corrected chi connectivity index (χ0v) is 13.5. The van der Waals surface area contributed by atoms with E-state index in [4.69, 9.17) is 4.74 Å². The number of rotatable bonds is 6. The van der Waals surface area contributed by atoms with Gasteiger partial charge in [-0.3, -0.25) is 9.20 Å². The number of fused-ring (bicyclic) bond motifs is 1. The van der Waals surface area contributed by atoms with Crippen LogP contribution in [0.15, 0.2) is 40.5 Å². The van der Waals surface area contributed by atoms with Gasteiger partial charge in [-0.1, -0.05) is 6.08 Å². The van der Waals surface area contributed by atoms with Crippen molar-refractivity contribution >= 4 is 38.7 Å². The SMILES string of the molecule is C=CCNc1nc(C(=O)OCc2cc(=O)n3ccsc3n2)cs1. The summed E-state index contributed by atoms with van der Waals surface area (Å²) in [5.41, 5.74) is 0.424. The fourth-order valence-electron chi connectivity index (χ4n) is 1.78. The second-order valence-electron chi connectivity index (χ2n) is 4.42. The minimum absolute atomic E-state index is 0.0740. The molecule has 23 heavy (non-hydrogen) atoms. The van der Waals surface area contributed by atoms with Gasteiger partial charge in [0.05, 0.1) is 5.69 Å². The van der Waals surface area contributed by atoms with Crippen LogP contribution in [-0.2, 0) is 11.3 Å². The molecule has 3 aromatic heterocycles. The molecule has 1 N–H and O–H groups in total. The molecule has 0 radical (unpaired) electrons. The van der Waals surface area contributed by atoms with Crippen molar-refractivity contribution in [2.75, 3.05) is 11.9 Å². The molecule has 3 aromatic rings. The standard InChI is InChI=1S/C14H12N4O3S2/c1-2-3-15-13-17-10(8-23-13)12(20)21-7-9-6-11(19)18-4-5-22-14(18)16-9/h2,4-6,8H,1,3,7H2,(H,15,17). The lowest BCUT2D eigenvalue weighted by molar-refractivity contribution is 0.0462. The topological polar surface area (TPSA) is 85.6 Å². The largest absolute Gasteiger partial charge is 0.454 e. The number of anilines is 1. The lowest BCUT2D eigenvalue weighted by atomic mass is 10.4. The maximum atomic E-state index is 12.0. The zero-order valence-electron chi connectivity index (χ0n) is 11.9. The molecular weight excluding hydrogens is 336 g/mol. The first-order valence-electron chi connectivity index (χ1n) is 6.60. The number of carbonyl (C=O) groups excluding carboxylic acids is 1. The number of esters is 1. The molecule has 0 spiro atoms. The van der Waals surface area contributed by atoms with Crippen LogP contribution in [0.1, 0.15) is 16.2 Å². The number of thiazole rings is 2. The van der Waals surface area contributed by atoms with Crippen molar-refractivity contribution in [2.45, 2.75) is 6.61 Å². The van der Waals surface area contributed by atoms with E-state index in [2.05, 4.69) is 21.9 Å². The van der Waals surface area contributed by atoms with Gasteiger partial charge in [0.2, 0.25) is 0 Å². The Balaban J connectivity index is 1.66. The normalized spacial score (nSPS) is 10.6. The van der Waals surface area contributed by atoms with Gasteiger partial charge in [-0.15, -0.1) is 29.3 Å². The monoisotopic (exact) mass is 348 g/mol. The summed E-state index contributed by atoms with van der Waals surface area (Å²) in [7, 11) is 0. The lowest BCUT2D eigenvalue weighted by Gasteiger charge is -2.02. The van der Waals surface area contributed by atoms with Crippen LogP contribution in [0.5, 0.6) is 0 Å². The first kappa shape index (κ1) is 15.4. The Kier molecular flexibility index (Phi) is 4.49. The van der Waals surface area contributed by atoms with Crippen LogP contribution in [0.25, 0.3) is 4.96 Å². The lowest BCUT2D eigenvalue weighted by Crippen LogP contribution is -2.14. The van der Waals surface area contributed by atoms with Crippen molar-refractivity contribution in [3.8, 4) is 0 Å². The predicted molar refractivity (Wildman–Crippen MR) is 89.3 cm³/mol. The van der Waals surface area contributed by atoms with Crippen LogP contribution in [0.4, 0.5) is 5.13 Å². The van der Waals surface area contributed by atoms with E-state index in [0.29, 0.717) is 22.3 Å². The van der Waals surface area contributed by atoms with Crippen molar-refractivity contribution < 1.29 is 9.53 Å². The van der Waals surface area contributed by atoms with Crippen molar-refractivity contribution in [2.24, 2.45) is 0 Å². The van der Waals surface area contributed by atoms with Crippen LogP contribution in [0.2, 0.25) is 0 Å². The molecule has 0 unspecified atom stereocenters. The smallest absolute Gasteiger partial charge is 0.358 e. The van der Waals surface area contributed by atoms with E-state index in [1.807, 2.05) is 0 Å². The highest BCUT2D eigenvalue weighted by molar-refractivity contribution is 7.15. The minimum Gasteiger partial charge on any atom is -0.454 e. The molecule has 0 aliphatic heterocycles. The summed E-state index contributed by atoms with van der Waals surface area (Å²) in [6.07, 6.45) is 3.35. The molecule has 0 bridgehead atoms. The number of ether oxygens (including phenoxy) is 1. The van der Waals surface area contributed by atoms with E-state index in [0.717, 1.165) is 0 Å². The highest BCUT2D eigenvalue weighted by Gasteiger charge is 2.13. The molecule has 0 atom stereocenters. The van der Waals surface area contributed by atoms with Crippen molar-refractivity contribution in [3.63, 3.8) is 0 Å². The average Bonchev–Trinajstić information content (AvgIpc) is 3.19. The minimum atomic E-state index is -0.555. The third-order valence-corrected chi connectivity index (χ3v) is 4.37. The molecular formula is C14H12N4O3S2. The molecule has 0 fully saturated rings. The number of nitrogens with one attached hydrogen (secondary N) is 1. The molecule has 9 heteroatoms. The summed E-state index contributed by atoms with van der Waals surface area (Å²) in [6.45, 7) is 4.09. The van der Waals surface area contributed by atoms with E-state index in [-0.39, 0.29) is 17.9 Å². The van der Waals surface area contributed by atoms with Gasteiger partial charge < -0.3 is 10.1 Å². The molecule has 0 aliphatic rings. The average molecular weight is 348 g/mol. The van der Waals surface area contributed by atoms with Crippen molar-refractivity contribution in [1.29, 1.82) is 0 Å². The van der Waals surface area contributed by atoms with Crippen molar-refractivity contribution in [1.82, 2.24) is 14.4 Å². The van der Waals surface area contributed by atoms with Gasteiger partial charge in [-0.25, -0.2) is 14.8 Å². The Bertz CT molecular complexity index is 912. The maximum absolute atomic E-state index is 12.0. The van der Waals surface area contributed by atoms with Gasteiger partial charge in [0, 0.05) is 29.6 Å². The Morgan fingerprint density at radius 2 is 2.30 bits per heavy atom. The Morgan fingerprint density at radius 1 is 1.43 bits per heavy atom. The molecule has 0 saturated heterocycles. The van der Waals surface area contributed by atoms with Crippen LogP contribution in [0, 0.1) is 0 Å². The van der Waals surface area contributed by atoms with Gasteiger partial charge in [0.15, 0.2) is 15.8 Å². The van der Waals surface area contributed by atoms with E-state index >= 15 is 0 Å². The van der Waals surface area contributed by atoms with Crippen LogP contribution in [0.3, 0.4) is 0 Å². The Labute approximate surface area is 138 Å². The van der Waals surface area contributed by atoms with Crippen LogP contribution >= 0.6 is 22.7 Å². The van der Waals surface area contributed by atoms with E-state index in [1.54, 1.807) is 23.0 Å². The quantitative estimate of drug-likeness (QED) is 0.543. The fourth-order valence-corrected chi connectivity index (χ4v) is 3.21. The van der Waals surface area contributed by atoms with Gasteiger partial charge in [0.25, 0.3) is 5.56 Å². The first-order chi connectivity index (χ1) is 11.2. The number of hydrogen-bond acceptors (Lipinski definition) is 8. The van der Waals surface area contributed by atoms with Gasteiger partial charge >= 0.3 is 5.97 Å². The van der Waals surface area contributed by atoms with E-state index < -0.39 is 5.97 Å². The maximum Gasteiger partial charge on any atom is 0.358 e. The molecule has 7 nitrogen and oxygen atoms in total. The molecule has 3 heterocycles. The summed E-state index contributed by atoms with van der Waals surface area (Å²) in [5, 5.41) is 6.99. The molecule has 3 rings (SSSR count). The fraction of sp³-hybridized carbons (Fsp3) is 0.143. The summed E-state index contributed by atoms with van der Waals surface area (Å²) in [6, 6.07) is 1.35. The van der Waals surface area contributed by atoms with E-state index in [9.17, 15) is 9.59 Å². The first-order valence-corrected chi connectivity index (χ1v) is 8.36. The highest BCUT2D eigenvalue weighted by atomic mass is 32.1. The number of nitrogens with zero attached hydrogens (tertiary/aromatic N) is 3. The molecule has 0 aliphatic carbocycles. The predicted octanol–water partition coefficient (Wildman–Crippen LogP) is 2.17. The third kappa shape index (κ3) is 3.46. The van der Waals surface area contributed by atoms with Crippen molar-refractivity contribution in [3.05, 3.63) is 57.4 Å². The molecule has 0 amide bonds. The highest BCUT2D eigenvalue weighted by Crippen LogP contribution is 2.16. The molecule has 118 valence electrons. The number of hydrogen-bond donors (Lipinski definition) is 1. The van der Waals surface area contributed by atoms with Gasteiger partial charge in [-0.2, -0.15) is 0 Å². The van der Waals surface area contributed by atoms with E-state index in [1.165, 1.54) is 33.1 Å². The number of carbonyl (C=O) groups is 1. The summed E-state index contributed by atoms with van der Waals surface area (Å²) >= 11 is 2.65. The van der Waals surface area contributed by atoms with Gasteiger partial charge in [0.1, 0.15) is 6.61 Å². The molecule has 0 aromatic carbocycles. The summed E-state index contributed by atoms with van der Waals surface area (Å²) < 4.78 is 6.60. The van der Waals surface area contributed by atoms with Crippen LogP contribution < -0.4 is 10.9 Å². The van der Waals surface area contributed by atoms with Crippen LogP contribution in [-0.4, -0.2) is 26.9 Å². The summed E-state index contributed by atoms with van der Waals surface area (Å²) in [4.78, 5) is 32.8. The van der Waals surface area contributed by atoms with Gasteiger partial charge in [-0.05, 0) is 0 Å². The second kappa shape index (κ2) is 6.71. The Hall–Kier alpha value is -2.52. The summed E-state index contributed by atoms with van der Waals surface area (Å²) in [5.74, 6) is -0.555. The number of aromatic nitrogens is 3. The second-order valence-corrected chi connectivity index (χ2v) is 6.16. The zero-order chi connectivity index (χ0) is 16.2. The Morgan fingerprint density at radius 3 is 3.13 bits per heavy atom. The molecule has 0 saturated carbocycles.